The van der Waals surface area contributed by atoms with Gasteiger partial charge in [-0.1, -0.05) is 26.5 Å². The molecule has 2 aliphatic rings. The van der Waals surface area contributed by atoms with Crippen LogP contribution in [0.3, 0.4) is 0 Å². The molecule has 1 aromatic heterocycles. The number of aliphatic hydroxyl groups is 1. The third kappa shape index (κ3) is 5.76. The molecule has 1 unspecified atom stereocenters. The first-order chi connectivity index (χ1) is 18.8. The van der Waals surface area contributed by atoms with Gasteiger partial charge in [0.1, 0.15) is 5.69 Å². The molecule has 5 rings (SSSR count). The number of anilines is 6. The molecule has 1 amide bonds. The monoisotopic (exact) mass is 526 g/mol. The smallest absolute Gasteiger partial charge is 0.247 e. The van der Waals surface area contributed by atoms with Gasteiger partial charge >= 0.3 is 0 Å². The Bertz CT molecular complexity index is 1380. The lowest BCUT2D eigenvalue weighted by Crippen LogP contribution is -2.44. The lowest BCUT2D eigenvalue weighted by molar-refractivity contribution is -0.111. The molecule has 1 fully saturated rings. The van der Waals surface area contributed by atoms with Crippen molar-refractivity contribution in [1.29, 1.82) is 0 Å². The predicted octanol–water partition coefficient (Wildman–Crippen LogP) is 4.30. The summed E-state index contributed by atoms with van der Waals surface area (Å²) in [6.07, 6.45) is 1.84. The second-order valence-electron chi connectivity index (χ2n) is 10.0. The Morgan fingerprint density at radius 3 is 2.51 bits per heavy atom. The molecule has 39 heavy (non-hydrogen) atoms. The predicted molar refractivity (Wildman–Crippen MR) is 157 cm³/mol. The van der Waals surface area contributed by atoms with Crippen molar-refractivity contribution in [2.45, 2.75) is 20.1 Å². The standard InChI is InChI=1S/C29H34N8O2/c1-5-25(38)31-21-7-6-8-23(17-21)37-27-24(33-26(19(2)3)28(37)39)18-30-29(34-27)32-20-9-11-22(12-10-20)36-15-13-35(4)14-16-36/h5-12,17-19,28,39H,1,13-16H2,2-4H3,(H,31,38)(H,30,32,34). The molecule has 3 N–H and O–H groups in total. The number of aromatic nitrogens is 2. The first-order valence-corrected chi connectivity index (χ1v) is 13.1. The molecular weight excluding hydrogens is 492 g/mol. The van der Waals surface area contributed by atoms with E-state index in [2.05, 4.69) is 56.2 Å². The van der Waals surface area contributed by atoms with Crippen molar-refractivity contribution in [2.75, 3.05) is 53.7 Å². The normalized spacial score (nSPS) is 17.5. The largest absolute Gasteiger partial charge is 0.369 e. The van der Waals surface area contributed by atoms with Gasteiger partial charge in [0.05, 0.1) is 11.9 Å². The van der Waals surface area contributed by atoms with E-state index in [1.54, 1.807) is 23.2 Å². The first kappa shape index (κ1) is 26.3. The fraction of sp³-hybridized carbons (Fsp3) is 0.310. The minimum Gasteiger partial charge on any atom is -0.369 e. The van der Waals surface area contributed by atoms with Crippen molar-refractivity contribution in [3.05, 3.63) is 67.4 Å². The van der Waals surface area contributed by atoms with E-state index in [9.17, 15) is 9.90 Å². The number of aliphatic imine (C=N–C) groups is 1. The van der Waals surface area contributed by atoms with Crippen LogP contribution in [0.4, 0.5) is 40.2 Å². The number of hydrogen-bond donors (Lipinski definition) is 3. The van der Waals surface area contributed by atoms with Gasteiger partial charge in [0.15, 0.2) is 12.0 Å². The summed E-state index contributed by atoms with van der Waals surface area (Å²) in [5.74, 6) is 0.530. The second-order valence-corrected chi connectivity index (χ2v) is 10.0. The summed E-state index contributed by atoms with van der Waals surface area (Å²) in [5.41, 5.74) is 4.43. The number of nitrogens with zero attached hydrogens (tertiary/aromatic N) is 6. The van der Waals surface area contributed by atoms with Crippen LogP contribution in [0.2, 0.25) is 0 Å². The van der Waals surface area contributed by atoms with Crippen molar-refractivity contribution in [3.63, 3.8) is 0 Å². The highest BCUT2D eigenvalue weighted by Gasteiger charge is 2.33. The van der Waals surface area contributed by atoms with Crippen LogP contribution in [0, 0.1) is 5.92 Å². The van der Waals surface area contributed by atoms with E-state index < -0.39 is 6.23 Å². The summed E-state index contributed by atoms with van der Waals surface area (Å²) < 4.78 is 0. The number of rotatable bonds is 7. The number of fused-ring (bicyclic) bond motifs is 1. The molecule has 0 aliphatic carbocycles. The van der Waals surface area contributed by atoms with Crippen LogP contribution in [0.5, 0.6) is 0 Å². The molecule has 2 aromatic carbocycles. The summed E-state index contributed by atoms with van der Waals surface area (Å²) >= 11 is 0. The Labute approximate surface area is 228 Å². The Balaban J connectivity index is 1.43. The molecule has 10 nitrogen and oxygen atoms in total. The number of benzene rings is 2. The summed E-state index contributed by atoms with van der Waals surface area (Å²) in [4.78, 5) is 32.2. The molecule has 2 aliphatic heterocycles. The van der Waals surface area contributed by atoms with Crippen LogP contribution in [-0.2, 0) is 4.79 Å². The first-order valence-electron chi connectivity index (χ1n) is 13.1. The number of nitrogens with one attached hydrogen (secondary N) is 2. The maximum absolute atomic E-state index is 11.9. The van der Waals surface area contributed by atoms with Crippen molar-refractivity contribution in [1.82, 2.24) is 14.9 Å². The zero-order valence-electron chi connectivity index (χ0n) is 22.5. The number of likely N-dealkylation sites (N-methyl/N-ethyl adjacent to an activating group) is 1. The molecule has 1 saturated heterocycles. The molecule has 0 bridgehead atoms. The number of carbonyl (C=O) groups excluding carboxylic acids is 1. The van der Waals surface area contributed by atoms with E-state index in [1.807, 2.05) is 38.1 Å². The van der Waals surface area contributed by atoms with E-state index in [4.69, 9.17) is 4.98 Å². The summed E-state index contributed by atoms with van der Waals surface area (Å²) in [5, 5.41) is 17.4. The van der Waals surface area contributed by atoms with E-state index in [0.717, 1.165) is 31.9 Å². The van der Waals surface area contributed by atoms with Gasteiger partial charge < -0.3 is 25.5 Å². The van der Waals surface area contributed by atoms with Gasteiger partial charge in [-0.05, 0) is 61.5 Å². The van der Waals surface area contributed by atoms with E-state index in [0.29, 0.717) is 34.5 Å². The fourth-order valence-electron chi connectivity index (χ4n) is 4.69. The fourth-order valence-corrected chi connectivity index (χ4v) is 4.69. The van der Waals surface area contributed by atoms with Crippen molar-refractivity contribution in [3.8, 4) is 0 Å². The zero-order valence-corrected chi connectivity index (χ0v) is 22.5. The number of carbonyl (C=O) groups is 1. The van der Waals surface area contributed by atoms with Gasteiger partial charge in [0.2, 0.25) is 11.9 Å². The molecule has 10 heteroatoms. The third-order valence-electron chi connectivity index (χ3n) is 6.90. The Morgan fingerprint density at radius 1 is 1.08 bits per heavy atom. The topological polar surface area (TPSA) is 109 Å². The minimum absolute atomic E-state index is 0.00378. The molecule has 0 spiro atoms. The molecule has 3 aromatic rings. The average Bonchev–Trinajstić information content (AvgIpc) is 2.93. The van der Waals surface area contributed by atoms with Crippen LogP contribution < -0.4 is 20.4 Å². The van der Waals surface area contributed by atoms with Crippen molar-refractivity contribution >= 4 is 51.8 Å². The number of piperazine rings is 1. The van der Waals surface area contributed by atoms with Gasteiger partial charge in [-0.25, -0.2) is 9.98 Å². The molecule has 3 heterocycles. The maximum Gasteiger partial charge on any atom is 0.247 e. The number of hydrogen-bond acceptors (Lipinski definition) is 9. The Morgan fingerprint density at radius 2 is 1.82 bits per heavy atom. The van der Waals surface area contributed by atoms with E-state index in [-0.39, 0.29) is 11.8 Å². The average molecular weight is 527 g/mol. The van der Waals surface area contributed by atoms with Crippen molar-refractivity contribution in [2.24, 2.45) is 10.9 Å². The van der Waals surface area contributed by atoms with Crippen LogP contribution in [0.1, 0.15) is 13.8 Å². The van der Waals surface area contributed by atoms with Crippen LogP contribution in [0.25, 0.3) is 0 Å². The van der Waals surface area contributed by atoms with Crippen LogP contribution >= 0.6 is 0 Å². The van der Waals surface area contributed by atoms with Crippen LogP contribution in [0.15, 0.2) is 72.4 Å². The molecule has 0 radical (unpaired) electrons. The quantitative estimate of drug-likeness (QED) is 0.391. The summed E-state index contributed by atoms with van der Waals surface area (Å²) in [6.45, 7) is 11.6. The highest BCUT2D eigenvalue weighted by atomic mass is 16.3. The summed E-state index contributed by atoms with van der Waals surface area (Å²) in [7, 11) is 2.15. The number of aliphatic hydroxyl groups excluding tert-OH is 1. The maximum atomic E-state index is 11.9. The lowest BCUT2D eigenvalue weighted by atomic mass is 10.0. The number of amides is 1. The van der Waals surface area contributed by atoms with Crippen LogP contribution in [-0.4, -0.2) is 71.0 Å². The van der Waals surface area contributed by atoms with Gasteiger partial charge in [-0.3, -0.25) is 9.69 Å². The van der Waals surface area contributed by atoms with E-state index >= 15 is 0 Å². The Kier molecular flexibility index (Phi) is 7.58. The van der Waals surface area contributed by atoms with Gasteiger partial charge in [-0.2, -0.15) is 4.98 Å². The SMILES string of the molecule is C=CC(=O)Nc1cccc(N2c3nc(Nc4ccc(N5CCN(C)CC5)cc4)ncc3N=C(C(C)C)C2O)c1. The highest BCUT2D eigenvalue weighted by Crippen LogP contribution is 2.40. The zero-order chi connectivity index (χ0) is 27.5. The van der Waals surface area contributed by atoms with E-state index in [1.165, 1.54) is 11.8 Å². The van der Waals surface area contributed by atoms with Gasteiger partial charge in [0.25, 0.3) is 0 Å². The minimum atomic E-state index is -1.03. The van der Waals surface area contributed by atoms with Gasteiger partial charge in [-0.15, -0.1) is 0 Å². The molecule has 0 saturated carbocycles. The lowest BCUT2D eigenvalue weighted by Gasteiger charge is -2.35. The molecule has 1 atom stereocenters. The van der Waals surface area contributed by atoms with Crippen molar-refractivity contribution < 1.29 is 9.90 Å². The molecule has 202 valence electrons. The Hall–Kier alpha value is -4.28. The van der Waals surface area contributed by atoms with Gasteiger partial charge in [0, 0.05) is 48.9 Å². The molecular formula is C29H34N8O2. The highest BCUT2D eigenvalue weighted by molar-refractivity contribution is 6.01. The second kappa shape index (κ2) is 11.2. The summed E-state index contributed by atoms with van der Waals surface area (Å²) in [6, 6.07) is 15.5. The third-order valence-corrected chi connectivity index (χ3v) is 6.90.